The Morgan fingerprint density at radius 3 is 2.52 bits per heavy atom. The standard InChI is InChI=1S/C14H24ClN5O/c1-4-20(5-2)13-18-11(15)17-12(19-13)16-10-14(6-7-14)8-9-21-3/h4-10H2,1-3H3,(H,16,17,18,19). The van der Waals surface area contributed by atoms with E-state index in [9.17, 15) is 0 Å². The highest BCUT2D eigenvalue weighted by Gasteiger charge is 2.41. The molecule has 0 unspecified atom stereocenters. The van der Waals surface area contributed by atoms with Crippen molar-refractivity contribution in [2.75, 3.05) is 43.6 Å². The largest absolute Gasteiger partial charge is 0.385 e. The van der Waals surface area contributed by atoms with E-state index in [2.05, 4.69) is 39.0 Å². The number of hydrogen-bond donors (Lipinski definition) is 1. The highest BCUT2D eigenvalue weighted by Crippen LogP contribution is 2.48. The van der Waals surface area contributed by atoms with E-state index >= 15 is 0 Å². The Kier molecular flexibility index (Phi) is 5.58. The first-order valence-corrected chi connectivity index (χ1v) is 7.89. The van der Waals surface area contributed by atoms with Crippen LogP contribution in [0.1, 0.15) is 33.1 Å². The summed E-state index contributed by atoms with van der Waals surface area (Å²) in [6, 6.07) is 0. The molecule has 0 spiro atoms. The second-order valence-corrected chi connectivity index (χ2v) is 5.83. The highest BCUT2D eigenvalue weighted by atomic mass is 35.5. The summed E-state index contributed by atoms with van der Waals surface area (Å²) in [5.74, 6) is 1.19. The van der Waals surface area contributed by atoms with Gasteiger partial charge in [0.05, 0.1) is 0 Å². The van der Waals surface area contributed by atoms with Crippen molar-refractivity contribution in [2.24, 2.45) is 5.41 Å². The van der Waals surface area contributed by atoms with Crippen LogP contribution in [0, 0.1) is 5.41 Å². The van der Waals surface area contributed by atoms with Crippen molar-refractivity contribution >= 4 is 23.5 Å². The smallest absolute Gasteiger partial charge is 0.231 e. The first-order valence-electron chi connectivity index (χ1n) is 7.52. The molecule has 6 nitrogen and oxygen atoms in total. The van der Waals surface area contributed by atoms with Crippen LogP contribution >= 0.6 is 11.6 Å². The van der Waals surface area contributed by atoms with Gasteiger partial charge >= 0.3 is 0 Å². The first kappa shape index (κ1) is 16.2. The zero-order chi connectivity index (χ0) is 15.3. The minimum Gasteiger partial charge on any atom is -0.385 e. The van der Waals surface area contributed by atoms with Gasteiger partial charge in [-0.2, -0.15) is 15.0 Å². The molecule has 1 aromatic rings. The molecule has 0 aromatic carbocycles. The summed E-state index contributed by atoms with van der Waals surface area (Å²) in [7, 11) is 1.74. The van der Waals surface area contributed by atoms with Gasteiger partial charge in [-0.1, -0.05) is 0 Å². The van der Waals surface area contributed by atoms with E-state index < -0.39 is 0 Å². The lowest BCUT2D eigenvalue weighted by Gasteiger charge is -2.20. The summed E-state index contributed by atoms with van der Waals surface area (Å²) in [6.45, 7) is 7.47. The minimum atomic E-state index is 0.233. The number of ether oxygens (including phenoxy) is 1. The van der Waals surface area contributed by atoms with Gasteiger partial charge in [-0.3, -0.25) is 0 Å². The number of rotatable bonds is 9. The van der Waals surface area contributed by atoms with Gasteiger partial charge in [0.2, 0.25) is 17.2 Å². The fraction of sp³-hybridized carbons (Fsp3) is 0.786. The third-order valence-electron chi connectivity index (χ3n) is 4.06. The zero-order valence-corrected chi connectivity index (χ0v) is 13.8. The number of aromatic nitrogens is 3. The molecule has 1 aromatic heterocycles. The maximum absolute atomic E-state index is 6.01. The van der Waals surface area contributed by atoms with Gasteiger partial charge in [0, 0.05) is 33.4 Å². The Hall–Kier alpha value is -1.14. The topological polar surface area (TPSA) is 63.2 Å². The van der Waals surface area contributed by atoms with Gasteiger partial charge in [-0.05, 0) is 50.1 Å². The third-order valence-corrected chi connectivity index (χ3v) is 4.23. The normalized spacial score (nSPS) is 15.8. The van der Waals surface area contributed by atoms with Crippen LogP contribution in [0.5, 0.6) is 0 Å². The minimum absolute atomic E-state index is 0.233. The van der Waals surface area contributed by atoms with Crippen molar-refractivity contribution in [2.45, 2.75) is 33.1 Å². The van der Waals surface area contributed by atoms with Crippen LogP contribution in [0.3, 0.4) is 0 Å². The van der Waals surface area contributed by atoms with Crippen molar-refractivity contribution in [3.8, 4) is 0 Å². The van der Waals surface area contributed by atoms with Crippen molar-refractivity contribution < 1.29 is 4.74 Å². The second-order valence-electron chi connectivity index (χ2n) is 5.50. The quantitative estimate of drug-likeness (QED) is 0.756. The molecule has 2 rings (SSSR count). The molecule has 0 atom stereocenters. The molecule has 118 valence electrons. The van der Waals surface area contributed by atoms with E-state index in [4.69, 9.17) is 16.3 Å². The Labute approximate surface area is 131 Å². The molecule has 0 amide bonds. The van der Waals surface area contributed by atoms with Gasteiger partial charge in [-0.15, -0.1) is 0 Å². The molecule has 21 heavy (non-hydrogen) atoms. The number of nitrogens with one attached hydrogen (secondary N) is 1. The lowest BCUT2D eigenvalue weighted by atomic mass is 10.0. The summed E-state index contributed by atoms with van der Waals surface area (Å²) in [4.78, 5) is 14.9. The molecule has 0 aliphatic heterocycles. The van der Waals surface area contributed by atoms with Gasteiger partial charge in [0.1, 0.15) is 0 Å². The SMILES string of the molecule is CCN(CC)c1nc(Cl)nc(NCC2(CCOC)CC2)n1. The molecule has 7 heteroatoms. The van der Waals surface area contributed by atoms with Gasteiger partial charge in [0.25, 0.3) is 0 Å². The summed E-state index contributed by atoms with van der Waals surface area (Å²) >= 11 is 6.01. The number of halogens is 1. The van der Waals surface area contributed by atoms with E-state index in [-0.39, 0.29) is 5.28 Å². The van der Waals surface area contributed by atoms with Crippen molar-refractivity contribution in [1.82, 2.24) is 15.0 Å². The van der Waals surface area contributed by atoms with E-state index in [1.165, 1.54) is 12.8 Å². The van der Waals surface area contributed by atoms with Crippen LogP contribution in [-0.4, -0.2) is 48.3 Å². The number of anilines is 2. The Morgan fingerprint density at radius 1 is 1.24 bits per heavy atom. The van der Waals surface area contributed by atoms with E-state index in [1.54, 1.807) is 7.11 Å². The Balaban J connectivity index is 2.00. The van der Waals surface area contributed by atoms with Gasteiger partial charge in [0.15, 0.2) is 0 Å². The highest BCUT2D eigenvalue weighted by molar-refractivity contribution is 6.28. The number of methoxy groups -OCH3 is 1. The second kappa shape index (κ2) is 7.22. The summed E-state index contributed by atoms with van der Waals surface area (Å²) in [5.41, 5.74) is 0.338. The molecule has 1 N–H and O–H groups in total. The van der Waals surface area contributed by atoms with Crippen molar-refractivity contribution in [3.05, 3.63) is 5.28 Å². The number of nitrogens with zero attached hydrogens (tertiary/aromatic N) is 4. The average Bonchev–Trinajstić information content (AvgIpc) is 3.24. The molecule has 1 fully saturated rings. The first-order chi connectivity index (χ1) is 10.1. The maximum atomic E-state index is 6.01. The summed E-state index contributed by atoms with van der Waals surface area (Å²) in [6.07, 6.45) is 3.52. The predicted molar refractivity (Wildman–Crippen MR) is 85.0 cm³/mol. The Bertz CT molecular complexity index is 463. The molecule has 0 radical (unpaired) electrons. The van der Waals surface area contributed by atoms with E-state index in [0.29, 0.717) is 17.3 Å². The molecule has 1 saturated carbocycles. The van der Waals surface area contributed by atoms with Crippen LogP contribution < -0.4 is 10.2 Å². The van der Waals surface area contributed by atoms with E-state index in [0.717, 1.165) is 32.7 Å². The molecule has 0 bridgehead atoms. The predicted octanol–water partition coefficient (Wildman–Crippen LogP) is 2.60. The lowest BCUT2D eigenvalue weighted by molar-refractivity contribution is 0.174. The van der Waals surface area contributed by atoms with Gasteiger partial charge in [-0.25, -0.2) is 0 Å². The van der Waals surface area contributed by atoms with Crippen molar-refractivity contribution in [1.29, 1.82) is 0 Å². The maximum Gasteiger partial charge on any atom is 0.231 e. The molecule has 1 heterocycles. The molecular weight excluding hydrogens is 290 g/mol. The average molecular weight is 314 g/mol. The molecule has 0 saturated heterocycles. The molecule has 1 aliphatic rings. The molecule has 1 aliphatic carbocycles. The van der Waals surface area contributed by atoms with Gasteiger partial charge < -0.3 is 15.0 Å². The zero-order valence-electron chi connectivity index (χ0n) is 13.0. The summed E-state index contributed by atoms with van der Waals surface area (Å²) < 4.78 is 5.17. The summed E-state index contributed by atoms with van der Waals surface area (Å²) in [5, 5.41) is 3.54. The fourth-order valence-electron chi connectivity index (χ4n) is 2.34. The van der Waals surface area contributed by atoms with Crippen LogP contribution in [0.2, 0.25) is 5.28 Å². The lowest BCUT2D eigenvalue weighted by Crippen LogP contribution is -2.25. The van der Waals surface area contributed by atoms with E-state index in [1.807, 2.05) is 0 Å². The Morgan fingerprint density at radius 2 is 1.95 bits per heavy atom. The van der Waals surface area contributed by atoms with Crippen LogP contribution in [0.4, 0.5) is 11.9 Å². The monoisotopic (exact) mass is 313 g/mol. The van der Waals surface area contributed by atoms with Crippen LogP contribution in [-0.2, 0) is 4.74 Å². The van der Waals surface area contributed by atoms with Crippen LogP contribution in [0.25, 0.3) is 0 Å². The molecular formula is C14H24ClN5O. The number of hydrogen-bond acceptors (Lipinski definition) is 6. The fourth-order valence-corrected chi connectivity index (χ4v) is 2.50. The third kappa shape index (κ3) is 4.41. The van der Waals surface area contributed by atoms with Crippen molar-refractivity contribution in [3.63, 3.8) is 0 Å². The van der Waals surface area contributed by atoms with Crippen LogP contribution in [0.15, 0.2) is 0 Å².